The summed E-state index contributed by atoms with van der Waals surface area (Å²) in [5.41, 5.74) is 5.75. The van der Waals surface area contributed by atoms with Gasteiger partial charge in [0.05, 0.1) is 4.90 Å². The zero-order chi connectivity index (χ0) is 14.6. The van der Waals surface area contributed by atoms with E-state index in [0.29, 0.717) is 0 Å². The molecule has 1 aromatic carbocycles. The lowest BCUT2D eigenvalue weighted by molar-refractivity contribution is -0.137. The van der Waals surface area contributed by atoms with E-state index in [2.05, 4.69) is 0 Å². The normalized spacial score (nSPS) is 13.2. The van der Waals surface area contributed by atoms with Gasteiger partial charge in [-0.25, -0.2) is 12.8 Å². The molecule has 0 bridgehead atoms. The highest BCUT2D eigenvalue weighted by atomic mass is 32.2. The Hall–Kier alpha value is -1.47. The SMILES string of the molecule is CS(=O)(=O)c1ccc(C(CN)CCC(=O)O)c(F)c1. The minimum absolute atomic E-state index is 0.0996. The summed E-state index contributed by atoms with van der Waals surface area (Å²) in [7, 11) is -3.47. The van der Waals surface area contributed by atoms with Gasteiger partial charge in [-0.05, 0) is 36.6 Å². The number of nitrogens with two attached hydrogens (primary N) is 1. The third-order valence-corrected chi connectivity index (χ3v) is 3.94. The van der Waals surface area contributed by atoms with Gasteiger partial charge in [-0.1, -0.05) is 6.07 Å². The quantitative estimate of drug-likeness (QED) is 0.818. The van der Waals surface area contributed by atoms with Crippen molar-refractivity contribution in [2.24, 2.45) is 5.73 Å². The summed E-state index contributed by atoms with van der Waals surface area (Å²) < 4.78 is 36.4. The number of hydrogen-bond donors (Lipinski definition) is 2. The third-order valence-electron chi connectivity index (χ3n) is 2.83. The van der Waals surface area contributed by atoms with Crippen molar-refractivity contribution in [1.82, 2.24) is 0 Å². The Morgan fingerprint density at radius 1 is 1.47 bits per heavy atom. The fourth-order valence-corrected chi connectivity index (χ4v) is 2.40. The Labute approximate surface area is 111 Å². The van der Waals surface area contributed by atoms with E-state index >= 15 is 0 Å². The van der Waals surface area contributed by atoms with Crippen LogP contribution in [0.5, 0.6) is 0 Å². The third kappa shape index (κ3) is 4.29. The van der Waals surface area contributed by atoms with Crippen LogP contribution in [0, 0.1) is 5.82 Å². The van der Waals surface area contributed by atoms with Crippen molar-refractivity contribution in [1.29, 1.82) is 0 Å². The van der Waals surface area contributed by atoms with E-state index < -0.39 is 27.5 Å². The van der Waals surface area contributed by atoms with Gasteiger partial charge < -0.3 is 10.8 Å². The number of benzene rings is 1. The maximum Gasteiger partial charge on any atom is 0.303 e. The molecule has 0 heterocycles. The molecule has 0 aliphatic carbocycles. The average molecular weight is 289 g/mol. The van der Waals surface area contributed by atoms with Crippen LogP contribution in [0.1, 0.15) is 24.3 Å². The lowest BCUT2D eigenvalue weighted by Crippen LogP contribution is -2.15. The molecule has 19 heavy (non-hydrogen) atoms. The van der Waals surface area contributed by atoms with Crippen LogP contribution in [0.3, 0.4) is 0 Å². The van der Waals surface area contributed by atoms with Crippen LogP contribution < -0.4 is 5.73 Å². The number of carboxylic acid groups (broad SMARTS) is 1. The molecular formula is C12H16FNO4S. The molecule has 1 rings (SSSR count). The van der Waals surface area contributed by atoms with E-state index in [1.165, 1.54) is 12.1 Å². The molecule has 0 fully saturated rings. The summed E-state index contributed by atoms with van der Waals surface area (Å²) in [5.74, 6) is -2.10. The van der Waals surface area contributed by atoms with Crippen LogP contribution in [0.15, 0.2) is 23.1 Å². The van der Waals surface area contributed by atoms with Gasteiger partial charge in [0.2, 0.25) is 0 Å². The zero-order valence-electron chi connectivity index (χ0n) is 10.5. The van der Waals surface area contributed by atoms with Crippen LogP contribution >= 0.6 is 0 Å². The lowest BCUT2D eigenvalue weighted by Gasteiger charge is -2.15. The Morgan fingerprint density at radius 3 is 2.53 bits per heavy atom. The summed E-state index contributed by atoms with van der Waals surface area (Å²) in [6, 6.07) is 3.59. The number of carboxylic acids is 1. The molecule has 0 amide bonds. The highest BCUT2D eigenvalue weighted by Gasteiger charge is 2.18. The van der Waals surface area contributed by atoms with Crippen LogP contribution in [-0.4, -0.2) is 32.3 Å². The average Bonchev–Trinajstić information content (AvgIpc) is 2.29. The summed E-state index contributed by atoms with van der Waals surface area (Å²) in [4.78, 5) is 10.4. The number of halogens is 1. The molecular weight excluding hydrogens is 273 g/mol. The Bertz CT molecular complexity index is 571. The lowest BCUT2D eigenvalue weighted by atomic mass is 9.94. The maximum atomic E-state index is 13.9. The zero-order valence-corrected chi connectivity index (χ0v) is 11.3. The topological polar surface area (TPSA) is 97.5 Å². The molecule has 1 aromatic rings. The smallest absolute Gasteiger partial charge is 0.303 e. The first-order chi connectivity index (χ1) is 8.75. The predicted octanol–water partition coefficient (Wildman–Crippen LogP) is 1.14. The van der Waals surface area contributed by atoms with Crippen LogP contribution in [0.2, 0.25) is 0 Å². The second kappa shape index (κ2) is 6.12. The van der Waals surface area contributed by atoms with Crippen molar-refractivity contribution in [3.8, 4) is 0 Å². The molecule has 1 unspecified atom stereocenters. The Balaban J connectivity index is 3.03. The summed E-state index contributed by atoms with van der Waals surface area (Å²) in [5, 5.41) is 8.61. The molecule has 0 spiro atoms. The summed E-state index contributed by atoms with van der Waals surface area (Å²) in [6.45, 7) is 0.0996. The molecule has 0 aliphatic rings. The molecule has 0 radical (unpaired) electrons. The fraction of sp³-hybridized carbons (Fsp3) is 0.417. The molecule has 5 nitrogen and oxygen atoms in total. The van der Waals surface area contributed by atoms with Gasteiger partial charge in [-0.15, -0.1) is 0 Å². The van der Waals surface area contributed by atoms with Crippen molar-refractivity contribution >= 4 is 15.8 Å². The minimum Gasteiger partial charge on any atom is -0.481 e. The van der Waals surface area contributed by atoms with Crippen molar-refractivity contribution in [3.63, 3.8) is 0 Å². The predicted molar refractivity (Wildman–Crippen MR) is 68.2 cm³/mol. The first-order valence-corrected chi connectivity index (χ1v) is 7.56. The highest BCUT2D eigenvalue weighted by Crippen LogP contribution is 2.25. The molecule has 3 N–H and O–H groups in total. The highest BCUT2D eigenvalue weighted by molar-refractivity contribution is 7.90. The van der Waals surface area contributed by atoms with Gasteiger partial charge >= 0.3 is 5.97 Å². The largest absolute Gasteiger partial charge is 0.481 e. The van der Waals surface area contributed by atoms with Gasteiger partial charge in [0.25, 0.3) is 0 Å². The monoisotopic (exact) mass is 289 g/mol. The number of hydrogen-bond acceptors (Lipinski definition) is 4. The summed E-state index contributed by atoms with van der Waals surface area (Å²) in [6.07, 6.45) is 1.09. The maximum absolute atomic E-state index is 13.9. The molecule has 106 valence electrons. The van der Waals surface area contributed by atoms with E-state index in [9.17, 15) is 17.6 Å². The molecule has 0 aromatic heterocycles. The molecule has 0 aliphatic heterocycles. The van der Waals surface area contributed by atoms with E-state index in [1.807, 2.05) is 0 Å². The molecule has 1 atom stereocenters. The second-order valence-corrected chi connectivity index (χ2v) is 6.34. The molecule has 7 heteroatoms. The van der Waals surface area contributed by atoms with E-state index in [-0.39, 0.29) is 29.8 Å². The van der Waals surface area contributed by atoms with Crippen molar-refractivity contribution in [2.75, 3.05) is 12.8 Å². The number of sulfone groups is 1. The number of carbonyl (C=O) groups is 1. The van der Waals surface area contributed by atoms with E-state index in [4.69, 9.17) is 10.8 Å². The van der Waals surface area contributed by atoms with Gasteiger partial charge in [-0.2, -0.15) is 0 Å². The second-order valence-electron chi connectivity index (χ2n) is 4.32. The standard InChI is InChI=1S/C12H16FNO4S/c1-19(17,18)9-3-4-10(11(13)6-9)8(7-14)2-5-12(15)16/h3-4,6,8H,2,5,7,14H2,1H3,(H,15,16). The van der Waals surface area contributed by atoms with Crippen molar-refractivity contribution in [2.45, 2.75) is 23.7 Å². The van der Waals surface area contributed by atoms with Gasteiger partial charge in [0.15, 0.2) is 9.84 Å². The van der Waals surface area contributed by atoms with Gasteiger partial charge in [0, 0.05) is 12.7 Å². The van der Waals surface area contributed by atoms with Crippen molar-refractivity contribution in [3.05, 3.63) is 29.6 Å². The number of rotatable bonds is 6. The van der Waals surface area contributed by atoms with E-state index in [1.54, 1.807) is 0 Å². The fourth-order valence-electron chi connectivity index (χ4n) is 1.77. The first-order valence-electron chi connectivity index (χ1n) is 5.67. The Morgan fingerprint density at radius 2 is 2.11 bits per heavy atom. The van der Waals surface area contributed by atoms with Crippen LogP contribution in [0.4, 0.5) is 4.39 Å². The van der Waals surface area contributed by atoms with Crippen molar-refractivity contribution < 1.29 is 22.7 Å². The van der Waals surface area contributed by atoms with Crippen LogP contribution in [0.25, 0.3) is 0 Å². The minimum atomic E-state index is -3.47. The van der Waals surface area contributed by atoms with Gasteiger partial charge in [0.1, 0.15) is 5.82 Å². The number of aliphatic carboxylic acids is 1. The molecule has 0 saturated carbocycles. The summed E-state index contributed by atoms with van der Waals surface area (Å²) >= 11 is 0. The molecule has 0 saturated heterocycles. The van der Waals surface area contributed by atoms with Crippen LogP contribution in [-0.2, 0) is 14.6 Å². The van der Waals surface area contributed by atoms with Gasteiger partial charge in [-0.3, -0.25) is 4.79 Å². The Kier molecular flexibility index (Phi) is 5.02. The van der Waals surface area contributed by atoms with E-state index in [0.717, 1.165) is 12.3 Å². The first kappa shape index (κ1) is 15.6.